The number of nitrogens with two attached hydrogens (primary N) is 1. The molecule has 0 heterocycles. The minimum absolute atomic E-state index is 0.122. The summed E-state index contributed by atoms with van der Waals surface area (Å²) in [5, 5.41) is 5.90. The summed E-state index contributed by atoms with van der Waals surface area (Å²) in [6.07, 6.45) is 1.41. The number of carbonyl (C=O) groups is 2. The second-order valence-electron chi connectivity index (χ2n) is 6.99. The lowest BCUT2D eigenvalue weighted by molar-refractivity contribution is -0.129. The van der Waals surface area contributed by atoms with Crippen molar-refractivity contribution in [1.29, 1.82) is 0 Å². The van der Waals surface area contributed by atoms with Gasteiger partial charge in [-0.15, -0.1) is 0 Å². The third-order valence-corrected chi connectivity index (χ3v) is 2.63. The Bertz CT molecular complexity index is 314. The molecule has 0 spiro atoms. The van der Waals surface area contributed by atoms with Crippen LogP contribution in [0, 0.1) is 5.41 Å². The second kappa shape index (κ2) is 6.89. The SMILES string of the molecule is CC(C)(C)N[C@@H](CCCNC(N)=O)C(=O)C(C)(C)C. The average Bonchev–Trinajstić information content (AvgIpc) is 2.18. The van der Waals surface area contributed by atoms with Crippen molar-refractivity contribution in [2.24, 2.45) is 11.1 Å². The Morgan fingerprint density at radius 2 is 1.63 bits per heavy atom. The highest BCUT2D eigenvalue weighted by atomic mass is 16.2. The van der Waals surface area contributed by atoms with Gasteiger partial charge >= 0.3 is 6.03 Å². The predicted octanol–water partition coefficient (Wildman–Crippen LogP) is 1.81. The molecule has 0 saturated carbocycles. The third kappa shape index (κ3) is 8.59. The van der Waals surface area contributed by atoms with Gasteiger partial charge in [-0.2, -0.15) is 0 Å². The standard InChI is InChI=1S/C14H29N3O2/c1-13(2,3)11(18)10(17-14(4,5)6)8-7-9-16-12(15)19/h10,17H,7-9H2,1-6H3,(H3,15,16,19)/t10-/m0/s1. The van der Waals surface area contributed by atoms with Crippen LogP contribution in [0.4, 0.5) is 4.79 Å². The maximum absolute atomic E-state index is 12.4. The molecule has 2 amide bonds. The van der Waals surface area contributed by atoms with Crippen molar-refractivity contribution in [2.45, 2.75) is 66.0 Å². The molecule has 19 heavy (non-hydrogen) atoms. The molecular formula is C14H29N3O2. The molecule has 5 nitrogen and oxygen atoms in total. The molecule has 0 aromatic carbocycles. The summed E-state index contributed by atoms with van der Waals surface area (Å²) in [5.41, 5.74) is 4.51. The summed E-state index contributed by atoms with van der Waals surface area (Å²) >= 11 is 0. The Morgan fingerprint density at radius 3 is 2.00 bits per heavy atom. The predicted molar refractivity (Wildman–Crippen MR) is 78.0 cm³/mol. The van der Waals surface area contributed by atoms with Gasteiger partial charge in [0.15, 0.2) is 5.78 Å². The lowest BCUT2D eigenvalue weighted by Gasteiger charge is -2.31. The summed E-state index contributed by atoms with van der Waals surface area (Å²) in [6.45, 7) is 12.4. The molecule has 112 valence electrons. The molecule has 0 aromatic heterocycles. The fraction of sp³-hybridized carbons (Fsp3) is 0.857. The van der Waals surface area contributed by atoms with Gasteiger partial charge in [-0.1, -0.05) is 20.8 Å². The van der Waals surface area contributed by atoms with Gasteiger partial charge < -0.3 is 16.4 Å². The van der Waals surface area contributed by atoms with Gasteiger partial charge in [0.1, 0.15) is 0 Å². The monoisotopic (exact) mass is 271 g/mol. The first kappa shape index (κ1) is 17.9. The molecule has 0 unspecified atom stereocenters. The van der Waals surface area contributed by atoms with Crippen molar-refractivity contribution >= 4 is 11.8 Å². The highest BCUT2D eigenvalue weighted by Gasteiger charge is 2.31. The van der Waals surface area contributed by atoms with Crippen molar-refractivity contribution in [3.8, 4) is 0 Å². The number of carbonyl (C=O) groups excluding carboxylic acids is 2. The molecule has 0 fully saturated rings. The van der Waals surface area contributed by atoms with Gasteiger partial charge in [0.05, 0.1) is 6.04 Å². The van der Waals surface area contributed by atoms with E-state index >= 15 is 0 Å². The number of hydrogen-bond acceptors (Lipinski definition) is 3. The van der Waals surface area contributed by atoms with E-state index in [4.69, 9.17) is 5.73 Å². The molecule has 5 heteroatoms. The van der Waals surface area contributed by atoms with E-state index in [9.17, 15) is 9.59 Å². The molecule has 0 rings (SSSR count). The zero-order valence-electron chi connectivity index (χ0n) is 13.1. The number of urea groups is 1. The summed E-state index contributed by atoms with van der Waals surface area (Å²) in [6, 6.07) is -0.725. The number of hydrogen-bond donors (Lipinski definition) is 3. The molecule has 0 saturated heterocycles. The van der Waals surface area contributed by atoms with Crippen molar-refractivity contribution in [2.75, 3.05) is 6.54 Å². The van der Waals surface area contributed by atoms with Crippen molar-refractivity contribution < 1.29 is 9.59 Å². The van der Waals surface area contributed by atoms with Crippen LogP contribution in [0.3, 0.4) is 0 Å². The van der Waals surface area contributed by atoms with Crippen LogP contribution in [0.2, 0.25) is 0 Å². The molecule has 0 aliphatic rings. The van der Waals surface area contributed by atoms with Gasteiger partial charge in [-0.05, 0) is 33.6 Å². The molecule has 0 aromatic rings. The van der Waals surface area contributed by atoms with Gasteiger partial charge in [-0.25, -0.2) is 4.79 Å². The Hall–Kier alpha value is -1.10. The van der Waals surface area contributed by atoms with Gasteiger partial charge in [0.2, 0.25) is 0 Å². The fourth-order valence-electron chi connectivity index (χ4n) is 1.83. The Kier molecular flexibility index (Phi) is 6.49. The van der Waals surface area contributed by atoms with Crippen LogP contribution >= 0.6 is 0 Å². The average molecular weight is 271 g/mol. The summed E-state index contributed by atoms with van der Waals surface area (Å²) in [5.74, 6) is 0.196. The smallest absolute Gasteiger partial charge is 0.312 e. The van der Waals surface area contributed by atoms with E-state index in [1.165, 1.54) is 0 Å². The van der Waals surface area contributed by atoms with Crippen molar-refractivity contribution in [3.05, 3.63) is 0 Å². The third-order valence-electron chi connectivity index (χ3n) is 2.63. The van der Waals surface area contributed by atoms with Crippen molar-refractivity contribution in [3.63, 3.8) is 0 Å². The van der Waals surface area contributed by atoms with Gasteiger partial charge in [0, 0.05) is 17.5 Å². The first-order valence-corrected chi connectivity index (χ1v) is 6.79. The number of Topliss-reactive ketones (excluding diaryl/α,β-unsaturated/α-hetero) is 1. The topological polar surface area (TPSA) is 84.2 Å². The number of nitrogens with one attached hydrogen (secondary N) is 2. The quantitative estimate of drug-likeness (QED) is 0.644. The normalized spacial score (nSPS) is 14.0. The van der Waals surface area contributed by atoms with Crippen LogP contribution in [0.1, 0.15) is 54.4 Å². The van der Waals surface area contributed by atoms with E-state index < -0.39 is 6.03 Å². The highest BCUT2D eigenvalue weighted by molar-refractivity contribution is 5.88. The van der Waals surface area contributed by atoms with E-state index in [0.717, 1.165) is 6.42 Å². The minimum Gasteiger partial charge on any atom is -0.352 e. The van der Waals surface area contributed by atoms with Crippen LogP contribution < -0.4 is 16.4 Å². The molecule has 0 radical (unpaired) electrons. The van der Waals surface area contributed by atoms with Gasteiger partial charge in [-0.3, -0.25) is 4.79 Å². The molecular weight excluding hydrogens is 242 g/mol. The zero-order chi connectivity index (χ0) is 15.3. The summed E-state index contributed by atoms with van der Waals surface area (Å²) in [7, 11) is 0. The van der Waals surface area contributed by atoms with E-state index in [2.05, 4.69) is 10.6 Å². The van der Waals surface area contributed by atoms with Crippen LogP contribution in [-0.2, 0) is 4.79 Å². The first-order valence-electron chi connectivity index (χ1n) is 6.79. The summed E-state index contributed by atoms with van der Waals surface area (Å²) < 4.78 is 0. The van der Waals surface area contributed by atoms with Crippen molar-refractivity contribution in [1.82, 2.24) is 10.6 Å². The molecule has 4 N–H and O–H groups in total. The lowest BCUT2D eigenvalue weighted by Crippen LogP contribution is -2.51. The summed E-state index contributed by atoms with van der Waals surface area (Å²) in [4.78, 5) is 23.0. The Morgan fingerprint density at radius 1 is 1.11 bits per heavy atom. The van der Waals surface area contributed by atoms with Gasteiger partial charge in [0.25, 0.3) is 0 Å². The van der Waals surface area contributed by atoms with E-state index in [0.29, 0.717) is 13.0 Å². The Balaban J connectivity index is 4.52. The lowest BCUT2D eigenvalue weighted by atomic mass is 9.84. The minimum atomic E-state index is -0.525. The number of amides is 2. The fourth-order valence-corrected chi connectivity index (χ4v) is 1.83. The van der Waals surface area contributed by atoms with Crippen LogP contribution in [0.25, 0.3) is 0 Å². The first-order chi connectivity index (χ1) is 8.43. The zero-order valence-corrected chi connectivity index (χ0v) is 13.1. The molecule has 0 bridgehead atoms. The number of rotatable bonds is 6. The number of ketones is 1. The number of primary amides is 1. The molecule has 0 aliphatic carbocycles. The highest BCUT2D eigenvalue weighted by Crippen LogP contribution is 2.20. The van der Waals surface area contributed by atoms with E-state index in [1.54, 1.807) is 0 Å². The second-order valence-corrected chi connectivity index (χ2v) is 6.99. The van der Waals surface area contributed by atoms with E-state index in [-0.39, 0.29) is 22.8 Å². The van der Waals surface area contributed by atoms with Crippen LogP contribution in [0.15, 0.2) is 0 Å². The molecule has 1 atom stereocenters. The van der Waals surface area contributed by atoms with E-state index in [1.807, 2.05) is 41.5 Å². The maximum atomic E-state index is 12.4. The maximum Gasteiger partial charge on any atom is 0.312 e. The van der Waals surface area contributed by atoms with Crippen LogP contribution in [-0.4, -0.2) is 29.9 Å². The van der Waals surface area contributed by atoms with Crippen LogP contribution in [0.5, 0.6) is 0 Å². The largest absolute Gasteiger partial charge is 0.352 e. The molecule has 0 aliphatic heterocycles. The Labute approximate surface area is 116 Å².